The highest BCUT2D eigenvalue weighted by Gasteiger charge is 2.10. The van der Waals surface area contributed by atoms with Crippen molar-refractivity contribution in [3.63, 3.8) is 0 Å². The molecule has 1 aromatic heterocycles. The molecule has 1 heterocycles. The van der Waals surface area contributed by atoms with Gasteiger partial charge in [-0.15, -0.1) is 0 Å². The molecule has 0 saturated carbocycles. The van der Waals surface area contributed by atoms with E-state index >= 15 is 0 Å². The zero-order valence-electron chi connectivity index (χ0n) is 13.5. The molecule has 0 N–H and O–H groups in total. The van der Waals surface area contributed by atoms with Gasteiger partial charge < -0.3 is 9.26 Å². The van der Waals surface area contributed by atoms with Crippen LogP contribution in [0.1, 0.15) is 17.0 Å². The molecule has 3 aromatic rings. The van der Waals surface area contributed by atoms with Gasteiger partial charge >= 0.3 is 5.97 Å². The van der Waals surface area contributed by atoms with Crippen molar-refractivity contribution < 1.29 is 14.1 Å². The van der Waals surface area contributed by atoms with Crippen LogP contribution >= 0.6 is 11.6 Å². The van der Waals surface area contributed by atoms with Gasteiger partial charge in [0, 0.05) is 16.7 Å². The van der Waals surface area contributed by atoms with Crippen LogP contribution in [0.4, 0.5) is 0 Å². The van der Waals surface area contributed by atoms with Gasteiger partial charge in [-0.05, 0) is 36.8 Å². The average Bonchev–Trinajstić information content (AvgIpc) is 3.09. The number of esters is 1. The Morgan fingerprint density at radius 1 is 1.20 bits per heavy atom. The number of hydrogen-bond acceptors (Lipinski definition) is 5. The summed E-state index contributed by atoms with van der Waals surface area (Å²) in [5, 5.41) is 4.37. The Morgan fingerprint density at radius 3 is 2.72 bits per heavy atom. The van der Waals surface area contributed by atoms with E-state index in [9.17, 15) is 4.79 Å². The molecule has 0 radical (unpaired) electrons. The van der Waals surface area contributed by atoms with Gasteiger partial charge in [-0.2, -0.15) is 4.98 Å². The van der Waals surface area contributed by atoms with Crippen LogP contribution in [0.3, 0.4) is 0 Å². The van der Waals surface area contributed by atoms with Crippen molar-refractivity contribution in [3.8, 4) is 11.5 Å². The topological polar surface area (TPSA) is 65.2 Å². The summed E-state index contributed by atoms with van der Waals surface area (Å²) >= 11 is 6.02. The van der Waals surface area contributed by atoms with Crippen molar-refractivity contribution in [2.45, 2.75) is 13.5 Å². The molecule has 0 spiro atoms. The highest BCUT2D eigenvalue weighted by molar-refractivity contribution is 6.32. The highest BCUT2D eigenvalue weighted by atomic mass is 35.5. The standard InChI is InChI=1S/C19H15ClN2O3/c1-13-6-8-15(9-7-13)19-21-17(22-25-19)12-24-18(23)11-10-14-4-2-3-5-16(14)20/h2-11H,12H2,1H3/b11-10+. The van der Waals surface area contributed by atoms with E-state index in [0.29, 0.717) is 16.7 Å². The summed E-state index contributed by atoms with van der Waals surface area (Å²) in [5.41, 5.74) is 2.69. The molecular formula is C19H15ClN2O3. The van der Waals surface area contributed by atoms with E-state index in [4.69, 9.17) is 20.9 Å². The fraction of sp³-hybridized carbons (Fsp3) is 0.105. The van der Waals surface area contributed by atoms with Crippen molar-refractivity contribution in [1.82, 2.24) is 10.1 Å². The molecule has 6 heteroatoms. The van der Waals surface area contributed by atoms with E-state index in [1.807, 2.05) is 43.3 Å². The summed E-state index contributed by atoms with van der Waals surface area (Å²) in [5.74, 6) is 0.175. The molecular weight excluding hydrogens is 340 g/mol. The van der Waals surface area contributed by atoms with Gasteiger partial charge in [0.15, 0.2) is 6.61 Å². The molecule has 0 aliphatic carbocycles. The molecule has 0 bridgehead atoms. The third kappa shape index (κ3) is 4.55. The molecule has 25 heavy (non-hydrogen) atoms. The largest absolute Gasteiger partial charge is 0.454 e. The van der Waals surface area contributed by atoms with Crippen molar-refractivity contribution in [3.05, 3.63) is 76.6 Å². The van der Waals surface area contributed by atoms with Gasteiger partial charge in [-0.3, -0.25) is 0 Å². The van der Waals surface area contributed by atoms with Gasteiger partial charge in [-0.25, -0.2) is 4.79 Å². The first kappa shape index (κ1) is 16.9. The third-order valence-corrected chi connectivity index (χ3v) is 3.76. The summed E-state index contributed by atoms with van der Waals surface area (Å²) in [6.07, 6.45) is 2.90. The quantitative estimate of drug-likeness (QED) is 0.500. The zero-order valence-corrected chi connectivity index (χ0v) is 14.2. The van der Waals surface area contributed by atoms with E-state index in [1.165, 1.54) is 6.08 Å². The van der Waals surface area contributed by atoms with Crippen LogP contribution in [-0.2, 0) is 16.1 Å². The Morgan fingerprint density at radius 2 is 1.96 bits per heavy atom. The van der Waals surface area contributed by atoms with Crippen molar-refractivity contribution in [2.24, 2.45) is 0 Å². The lowest BCUT2D eigenvalue weighted by Crippen LogP contribution is -2.02. The predicted octanol–water partition coefficient (Wildman–Crippen LogP) is 4.46. The number of halogens is 1. The SMILES string of the molecule is Cc1ccc(-c2nc(COC(=O)/C=C/c3ccccc3Cl)no2)cc1. The molecule has 0 amide bonds. The number of carbonyl (C=O) groups excluding carboxylic acids is 1. The molecule has 3 rings (SSSR count). The Kier molecular flexibility index (Phi) is 5.26. The molecule has 0 unspecified atom stereocenters. The van der Waals surface area contributed by atoms with Crippen LogP contribution in [0.2, 0.25) is 5.02 Å². The van der Waals surface area contributed by atoms with Crippen LogP contribution in [0.25, 0.3) is 17.5 Å². The molecule has 0 saturated heterocycles. The highest BCUT2D eigenvalue weighted by Crippen LogP contribution is 2.18. The molecule has 0 aliphatic rings. The summed E-state index contributed by atoms with van der Waals surface area (Å²) < 4.78 is 10.3. The van der Waals surface area contributed by atoms with Gasteiger partial charge in [0.25, 0.3) is 5.89 Å². The van der Waals surface area contributed by atoms with Crippen molar-refractivity contribution in [2.75, 3.05) is 0 Å². The maximum absolute atomic E-state index is 11.8. The lowest BCUT2D eigenvalue weighted by molar-refractivity contribution is -0.139. The summed E-state index contributed by atoms with van der Waals surface area (Å²) in [6, 6.07) is 14.9. The second-order valence-electron chi connectivity index (χ2n) is 5.34. The number of aryl methyl sites for hydroxylation is 1. The number of rotatable bonds is 5. The first-order valence-corrected chi connectivity index (χ1v) is 7.98. The number of ether oxygens (including phenoxy) is 1. The van der Waals surface area contributed by atoms with Gasteiger partial charge in [0.2, 0.25) is 5.82 Å². The van der Waals surface area contributed by atoms with Crippen LogP contribution < -0.4 is 0 Å². The minimum absolute atomic E-state index is 0.0684. The molecule has 0 fully saturated rings. The molecule has 126 valence electrons. The summed E-state index contributed by atoms with van der Waals surface area (Å²) in [7, 11) is 0. The van der Waals surface area contributed by atoms with E-state index in [1.54, 1.807) is 18.2 Å². The third-order valence-electron chi connectivity index (χ3n) is 3.41. The first-order chi connectivity index (χ1) is 12.1. The van der Waals surface area contributed by atoms with E-state index in [2.05, 4.69) is 10.1 Å². The average molecular weight is 355 g/mol. The minimum Gasteiger partial charge on any atom is -0.454 e. The lowest BCUT2D eigenvalue weighted by atomic mass is 10.1. The van der Waals surface area contributed by atoms with Crippen LogP contribution in [0.5, 0.6) is 0 Å². The zero-order chi connectivity index (χ0) is 17.6. The Hall–Kier alpha value is -2.92. The lowest BCUT2D eigenvalue weighted by Gasteiger charge is -1.98. The fourth-order valence-electron chi connectivity index (χ4n) is 2.08. The maximum Gasteiger partial charge on any atom is 0.331 e. The summed E-state index contributed by atoms with van der Waals surface area (Å²) in [4.78, 5) is 16.0. The van der Waals surface area contributed by atoms with Crippen molar-refractivity contribution >= 4 is 23.6 Å². The van der Waals surface area contributed by atoms with E-state index in [0.717, 1.165) is 16.7 Å². The Balaban J connectivity index is 1.58. The van der Waals surface area contributed by atoms with E-state index < -0.39 is 5.97 Å². The number of aromatic nitrogens is 2. The monoisotopic (exact) mass is 354 g/mol. The minimum atomic E-state index is -0.512. The first-order valence-electron chi connectivity index (χ1n) is 7.61. The number of benzene rings is 2. The maximum atomic E-state index is 11.8. The predicted molar refractivity (Wildman–Crippen MR) is 94.8 cm³/mol. The van der Waals surface area contributed by atoms with Crippen molar-refractivity contribution in [1.29, 1.82) is 0 Å². The van der Waals surface area contributed by atoms with Crippen LogP contribution in [0.15, 0.2) is 59.1 Å². The van der Waals surface area contributed by atoms with Crippen LogP contribution in [0, 0.1) is 6.92 Å². The van der Waals surface area contributed by atoms with Gasteiger partial charge in [-0.1, -0.05) is 52.7 Å². The summed E-state index contributed by atoms with van der Waals surface area (Å²) in [6.45, 7) is 1.93. The normalized spacial score (nSPS) is 11.0. The van der Waals surface area contributed by atoms with Gasteiger partial charge in [0.05, 0.1) is 0 Å². The second kappa shape index (κ2) is 7.77. The van der Waals surface area contributed by atoms with Gasteiger partial charge in [0.1, 0.15) is 0 Å². The van der Waals surface area contributed by atoms with E-state index in [-0.39, 0.29) is 6.61 Å². The number of nitrogens with zero attached hydrogens (tertiary/aromatic N) is 2. The number of carbonyl (C=O) groups is 1. The smallest absolute Gasteiger partial charge is 0.331 e. The molecule has 0 aliphatic heterocycles. The molecule has 2 aromatic carbocycles. The Bertz CT molecular complexity index is 901. The second-order valence-corrected chi connectivity index (χ2v) is 5.75. The fourth-order valence-corrected chi connectivity index (χ4v) is 2.28. The van der Waals surface area contributed by atoms with Crippen LogP contribution in [-0.4, -0.2) is 16.1 Å². The Labute approximate surface area is 149 Å². The molecule has 5 nitrogen and oxygen atoms in total. The number of hydrogen-bond donors (Lipinski definition) is 0. The molecule has 0 atom stereocenters.